The second-order valence-electron chi connectivity index (χ2n) is 6.45. The highest BCUT2D eigenvalue weighted by molar-refractivity contribution is 5.97. The van der Waals surface area contributed by atoms with Crippen LogP contribution in [0.1, 0.15) is 17.5 Å². The lowest BCUT2D eigenvalue weighted by Gasteiger charge is -2.23. The molecule has 1 saturated heterocycles. The van der Waals surface area contributed by atoms with Gasteiger partial charge in [-0.25, -0.2) is 4.79 Å². The summed E-state index contributed by atoms with van der Waals surface area (Å²) < 4.78 is 5.30. The van der Waals surface area contributed by atoms with Gasteiger partial charge in [0.2, 0.25) is 5.91 Å². The molecule has 136 valence electrons. The summed E-state index contributed by atoms with van der Waals surface area (Å²) in [7, 11) is 0. The number of amides is 2. The van der Waals surface area contributed by atoms with Crippen LogP contribution in [-0.2, 0) is 16.1 Å². The molecule has 1 heterocycles. The smallest absolute Gasteiger partial charge is 0.410 e. The first-order valence-corrected chi connectivity index (χ1v) is 8.56. The number of hydrogen-bond donors (Lipinski definition) is 2. The summed E-state index contributed by atoms with van der Waals surface area (Å²) in [5.74, 6) is -0.331. The molecule has 6 nitrogen and oxygen atoms in total. The fourth-order valence-electron chi connectivity index (χ4n) is 2.93. The molecule has 1 aliphatic rings. The molecule has 1 fully saturated rings. The minimum absolute atomic E-state index is 0.0829. The van der Waals surface area contributed by atoms with Crippen LogP contribution in [0.2, 0.25) is 0 Å². The van der Waals surface area contributed by atoms with E-state index in [2.05, 4.69) is 5.32 Å². The third-order valence-corrected chi connectivity index (χ3v) is 4.34. The molecular weight excluding hydrogens is 332 g/mol. The first-order valence-electron chi connectivity index (χ1n) is 8.56. The molecule has 3 rings (SSSR count). The predicted octanol–water partition coefficient (Wildman–Crippen LogP) is 2.71. The molecule has 2 N–H and O–H groups in total. The summed E-state index contributed by atoms with van der Waals surface area (Å²) in [5.41, 5.74) is 2.60. The van der Waals surface area contributed by atoms with Gasteiger partial charge in [-0.3, -0.25) is 9.69 Å². The second kappa shape index (κ2) is 8.01. The van der Waals surface area contributed by atoms with E-state index in [1.165, 1.54) is 4.90 Å². The van der Waals surface area contributed by atoms with E-state index >= 15 is 0 Å². The van der Waals surface area contributed by atoms with Crippen LogP contribution in [0.4, 0.5) is 10.5 Å². The van der Waals surface area contributed by atoms with Gasteiger partial charge in [0.25, 0.3) is 0 Å². The Labute approximate surface area is 152 Å². The normalized spacial score (nSPS) is 19.2. The van der Waals surface area contributed by atoms with Crippen LogP contribution in [0.3, 0.4) is 0 Å². The van der Waals surface area contributed by atoms with Crippen molar-refractivity contribution in [3.8, 4) is 0 Å². The average molecular weight is 354 g/mol. The zero-order valence-corrected chi connectivity index (χ0v) is 14.6. The fourth-order valence-corrected chi connectivity index (χ4v) is 2.93. The molecule has 6 heteroatoms. The maximum absolute atomic E-state index is 12.6. The number of carbonyl (C=O) groups is 2. The van der Waals surface area contributed by atoms with Gasteiger partial charge in [0.1, 0.15) is 12.6 Å². The minimum atomic E-state index is -0.755. The number of anilines is 1. The third kappa shape index (κ3) is 4.40. The van der Waals surface area contributed by atoms with Crippen molar-refractivity contribution in [3.05, 3.63) is 65.7 Å². The number of aryl methyl sites for hydroxylation is 1. The zero-order valence-electron chi connectivity index (χ0n) is 14.6. The zero-order chi connectivity index (χ0) is 18.5. The number of β-amino-alcohol motifs (C(OH)–C–C–N with tert-alkyl or cyclic N) is 1. The molecule has 0 aliphatic carbocycles. The van der Waals surface area contributed by atoms with Crippen LogP contribution in [-0.4, -0.2) is 40.7 Å². The molecule has 0 bridgehead atoms. The SMILES string of the molecule is Cc1ccc(NC(=O)[C@H]2C[C@@H](O)CN2C(=O)OCc2ccccc2)cc1. The lowest BCUT2D eigenvalue weighted by atomic mass is 10.1. The van der Waals surface area contributed by atoms with Gasteiger partial charge < -0.3 is 15.2 Å². The van der Waals surface area contributed by atoms with E-state index in [1.54, 1.807) is 12.1 Å². The van der Waals surface area contributed by atoms with Crippen molar-refractivity contribution in [1.29, 1.82) is 0 Å². The quantitative estimate of drug-likeness (QED) is 0.885. The van der Waals surface area contributed by atoms with Crippen LogP contribution in [0, 0.1) is 6.92 Å². The highest BCUT2D eigenvalue weighted by atomic mass is 16.6. The molecule has 0 unspecified atom stereocenters. The number of nitrogens with one attached hydrogen (secondary N) is 1. The Bertz CT molecular complexity index is 761. The summed E-state index contributed by atoms with van der Waals surface area (Å²) in [6, 6.07) is 16.0. The number of likely N-dealkylation sites (tertiary alicyclic amines) is 1. The monoisotopic (exact) mass is 354 g/mol. The maximum Gasteiger partial charge on any atom is 0.410 e. The highest BCUT2D eigenvalue weighted by Crippen LogP contribution is 2.21. The van der Waals surface area contributed by atoms with Crippen molar-refractivity contribution in [3.63, 3.8) is 0 Å². The first-order chi connectivity index (χ1) is 12.5. The lowest BCUT2D eigenvalue weighted by Crippen LogP contribution is -2.43. The van der Waals surface area contributed by atoms with Gasteiger partial charge >= 0.3 is 6.09 Å². The van der Waals surface area contributed by atoms with Gasteiger partial charge in [0.15, 0.2) is 0 Å². The second-order valence-corrected chi connectivity index (χ2v) is 6.45. The van der Waals surface area contributed by atoms with Gasteiger partial charge in [-0.2, -0.15) is 0 Å². The molecule has 2 atom stereocenters. The summed E-state index contributed by atoms with van der Waals surface area (Å²) >= 11 is 0. The van der Waals surface area contributed by atoms with Crippen LogP contribution in [0.15, 0.2) is 54.6 Å². The van der Waals surface area contributed by atoms with Crippen LogP contribution in [0.5, 0.6) is 0 Å². The van der Waals surface area contributed by atoms with Crippen molar-refractivity contribution in [2.75, 3.05) is 11.9 Å². The highest BCUT2D eigenvalue weighted by Gasteiger charge is 2.39. The number of rotatable bonds is 4. The van der Waals surface area contributed by atoms with E-state index in [-0.39, 0.29) is 25.5 Å². The van der Waals surface area contributed by atoms with E-state index in [4.69, 9.17) is 4.74 Å². The molecule has 2 aromatic rings. The van der Waals surface area contributed by atoms with Crippen LogP contribution >= 0.6 is 0 Å². The van der Waals surface area contributed by atoms with Gasteiger partial charge in [-0.05, 0) is 24.6 Å². The number of ether oxygens (including phenoxy) is 1. The minimum Gasteiger partial charge on any atom is -0.445 e. The topological polar surface area (TPSA) is 78.9 Å². The third-order valence-electron chi connectivity index (χ3n) is 4.34. The molecule has 2 amide bonds. The lowest BCUT2D eigenvalue weighted by molar-refractivity contribution is -0.120. The van der Waals surface area contributed by atoms with E-state index in [1.807, 2.05) is 49.4 Å². The molecule has 0 saturated carbocycles. The maximum atomic E-state index is 12.6. The average Bonchev–Trinajstić information content (AvgIpc) is 3.04. The summed E-state index contributed by atoms with van der Waals surface area (Å²) in [5, 5.41) is 12.7. The van der Waals surface area contributed by atoms with E-state index < -0.39 is 18.2 Å². The molecule has 1 aliphatic heterocycles. The standard InChI is InChI=1S/C20H22N2O4/c1-14-7-9-16(10-8-14)21-19(24)18-11-17(23)12-22(18)20(25)26-13-15-5-3-2-4-6-15/h2-10,17-18,23H,11-13H2,1H3,(H,21,24)/t17-,18-/m1/s1. The summed E-state index contributed by atoms with van der Waals surface area (Å²) in [6.07, 6.45) is -1.15. The number of nitrogens with zero attached hydrogens (tertiary/aromatic N) is 1. The van der Waals surface area contributed by atoms with Crippen molar-refractivity contribution < 1.29 is 19.4 Å². The van der Waals surface area contributed by atoms with Crippen molar-refractivity contribution in [2.45, 2.75) is 32.1 Å². The molecule has 2 aromatic carbocycles. The largest absolute Gasteiger partial charge is 0.445 e. The molecule has 0 radical (unpaired) electrons. The molecule has 26 heavy (non-hydrogen) atoms. The Morgan fingerprint density at radius 2 is 1.85 bits per heavy atom. The molecular formula is C20H22N2O4. The summed E-state index contributed by atoms with van der Waals surface area (Å²) in [6.45, 7) is 2.17. The van der Waals surface area contributed by atoms with E-state index in [0.29, 0.717) is 5.69 Å². The number of hydrogen-bond acceptors (Lipinski definition) is 4. The van der Waals surface area contributed by atoms with Crippen LogP contribution < -0.4 is 5.32 Å². The van der Waals surface area contributed by atoms with Gasteiger partial charge in [0, 0.05) is 12.1 Å². The summed E-state index contributed by atoms with van der Waals surface area (Å²) in [4.78, 5) is 26.2. The van der Waals surface area contributed by atoms with Gasteiger partial charge in [-0.1, -0.05) is 48.0 Å². The van der Waals surface area contributed by atoms with Gasteiger partial charge in [-0.15, -0.1) is 0 Å². The van der Waals surface area contributed by atoms with E-state index in [9.17, 15) is 14.7 Å². The number of aliphatic hydroxyl groups excluding tert-OH is 1. The van der Waals surface area contributed by atoms with Crippen LogP contribution in [0.25, 0.3) is 0 Å². The predicted molar refractivity (Wildman–Crippen MR) is 97.6 cm³/mol. The molecule has 0 spiro atoms. The Morgan fingerprint density at radius 1 is 1.15 bits per heavy atom. The van der Waals surface area contributed by atoms with E-state index in [0.717, 1.165) is 11.1 Å². The number of carbonyl (C=O) groups excluding carboxylic acids is 2. The Morgan fingerprint density at radius 3 is 2.54 bits per heavy atom. The Balaban J connectivity index is 1.62. The Hall–Kier alpha value is -2.86. The molecule has 0 aromatic heterocycles. The van der Waals surface area contributed by atoms with Crippen molar-refractivity contribution >= 4 is 17.7 Å². The van der Waals surface area contributed by atoms with Gasteiger partial charge in [0.05, 0.1) is 12.6 Å². The fraction of sp³-hybridized carbons (Fsp3) is 0.300. The number of aliphatic hydroxyl groups is 1. The van der Waals surface area contributed by atoms with Crippen molar-refractivity contribution in [2.24, 2.45) is 0 Å². The first kappa shape index (κ1) is 17.9. The van der Waals surface area contributed by atoms with Crippen molar-refractivity contribution in [1.82, 2.24) is 4.90 Å². The Kier molecular flexibility index (Phi) is 5.53. The number of benzene rings is 2.